The zero-order valence-electron chi connectivity index (χ0n) is 17.6. The van der Waals surface area contributed by atoms with Gasteiger partial charge in [-0.05, 0) is 53.9 Å². The number of benzene rings is 3. The van der Waals surface area contributed by atoms with Crippen molar-refractivity contribution in [2.75, 3.05) is 13.1 Å². The largest absolute Gasteiger partial charge is 0.508 e. The van der Waals surface area contributed by atoms with Gasteiger partial charge in [0.05, 0.1) is 5.02 Å². The maximum atomic E-state index is 13.0. The van der Waals surface area contributed by atoms with E-state index >= 15 is 0 Å². The number of rotatable bonds is 6. The average Bonchev–Trinajstić information content (AvgIpc) is 2.80. The number of para-hydroxylation sites is 1. The van der Waals surface area contributed by atoms with Crippen molar-refractivity contribution in [1.82, 2.24) is 4.90 Å². The Morgan fingerprint density at radius 2 is 1.81 bits per heavy atom. The fourth-order valence-corrected chi connectivity index (χ4v) is 4.51. The molecule has 0 saturated carbocycles. The smallest absolute Gasteiger partial charge is 0.222 e. The fourth-order valence-electron chi connectivity index (χ4n) is 4.13. The summed E-state index contributed by atoms with van der Waals surface area (Å²) in [5.41, 5.74) is 2.07. The topological polar surface area (TPSA) is 49.8 Å². The quantitative estimate of drug-likeness (QED) is 0.474. The summed E-state index contributed by atoms with van der Waals surface area (Å²) < 4.78 is 6.32. The zero-order chi connectivity index (χ0) is 22.5. The van der Waals surface area contributed by atoms with Crippen LogP contribution in [0.4, 0.5) is 0 Å². The maximum absolute atomic E-state index is 13.0. The molecule has 0 aromatic heterocycles. The van der Waals surface area contributed by atoms with Crippen LogP contribution in [0.3, 0.4) is 0 Å². The minimum Gasteiger partial charge on any atom is -0.508 e. The number of carbonyl (C=O) groups excluding carboxylic acids is 1. The first-order chi connectivity index (χ1) is 15.5. The Morgan fingerprint density at radius 3 is 2.56 bits per heavy atom. The number of hydrogen-bond donors (Lipinski definition) is 1. The van der Waals surface area contributed by atoms with Crippen LogP contribution < -0.4 is 4.74 Å². The first-order valence-corrected chi connectivity index (χ1v) is 11.5. The molecule has 1 aliphatic rings. The van der Waals surface area contributed by atoms with E-state index in [0.29, 0.717) is 48.1 Å². The second kappa shape index (κ2) is 10.3. The number of amides is 1. The lowest BCUT2D eigenvalue weighted by Gasteiger charge is -2.39. The second-order valence-corrected chi connectivity index (χ2v) is 8.89. The molecule has 3 aromatic carbocycles. The minimum atomic E-state index is -0.116. The summed E-state index contributed by atoms with van der Waals surface area (Å²) in [6.45, 7) is 1.18. The average molecular weight is 470 g/mol. The second-order valence-electron chi connectivity index (χ2n) is 8.04. The van der Waals surface area contributed by atoms with E-state index in [1.807, 2.05) is 65.6 Å². The van der Waals surface area contributed by atoms with Crippen molar-refractivity contribution in [3.8, 4) is 11.5 Å². The number of halogens is 2. The highest BCUT2D eigenvalue weighted by Gasteiger charge is 2.34. The molecule has 0 unspecified atom stereocenters. The zero-order valence-corrected chi connectivity index (χ0v) is 19.1. The first-order valence-electron chi connectivity index (χ1n) is 10.7. The SMILES string of the molecule is O=C(CCc1ccc(O)cc1)N1CC[C@H](Oc2ccccc2Cl)[C@H](c2cccc(Cl)c2)C1. The summed E-state index contributed by atoms with van der Waals surface area (Å²) in [7, 11) is 0. The van der Waals surface area contributed by atoms with E-state index in [2.05, 4.69) is 0 Å². The molecule has 2 atom stereocenters. The van der Waals surface area contributed by atoms with Crippen molar-refractivity contribution in [1.29, 1.82) is 0 Å². The van der Waals surface area contributed by atoms with Gasteiger partial charge in [-0.15, -0.1) is 0 Å². The molecule has 1 aliphatic heterocycles. The number of piperidine rings is 1. The Balaban J connectivity index is 1.48. The summed E-state index contributed by atoms with van der Waals surface area (Å²) >= 11 is 12.6. The Kier molecular flexibility index (Phi) is 7.23. The van der Waals surface area contributed by atoms with Crippen molar-refractivity contribution in [3.63, 3.8) is 0 Å². The van der Waals surface area contributed by atoms with E-state index in [9.17, 15) is 9.90 Å². The van der Waals surface area contributed by atoms with E-state index in [1.54, 1.807) is 12.1 Å². The number of aromatic hydroxyl groups is 1. The van der Waals surface area contributed by atoms with Gasteiger partial charge in [0.1, 0.15) is 17.6 Å². The van der Waals surface area contributed by atoms with Gasteiger partial charge < -0.3 is 14.7 Å². The van der Waals surface area contributed by atoms with Crippen LogP contribution in [0.2, 0.25) is 10.0 Å². The van der Waals surface area contributed by atoms with Crippen LogP contribution in [0.5, 0.6) is 11.5 Å². The monoisotopic (exact) mass is 469 g/mol. The molecule has 166 valence electrons. The normalized spacial score (nSPS) is 18.4. The summed E-state index contributed by atoms with van der Waals surface area (Å²) in [6, 6.07) is 22.2. The van der Waals surface area contributed by atoms with Crippen molar-refractivity contribution in [2.45, 2.75) is 31.3 Å². The molecule has 1 amide bonds. The molecule has 1 N–H and O–H groups in total. The van der Waals surface area contributed by atoms with Crippen molar-refractivity contribution < 1.29 is 14.6 Å². The summed E-state index contributed by atoms with van der Waals surface area (Å²) in [4.78, 5) is 14.9. The van der Waals surface area contributed by atoms with E-state index in [4.69, 9.17) is 27.9 Å². The van der Waals surface area contributed by atoms with Gasteiger partial charge >= 0.3 is 0 Å². The van der Waals surface area contributed by atoms with Gasteiger partial charge in [-0.3, -0.25) is 4.79 Å². The lowest BCUT2D eigenvalue weighted by Crippen LogP contribution is -2.46. The van der Waals surface area contributed by atoms with Gasteiger partial charge in [-0.1, -0.05) is 59.6 Å². The number of phenols is 1. The van der Waals surface area contributed by atoms with Gasteiger partial charge in [-0.25, -0.2) is 0 Å². The first kappa shape index (κ1) is 22.5. The highest BCUT2D eigenvalue weighted by Crippen LogP contribution is 2.34. The molecule has 0 radical (unpaired) electrons. The molecule has 1 saturated heterocycles. The molecule has 32 heavy (non-hydrogen) atoms. The standard InChI is InChI=1S/C26H25Cl2NO3/c27-20-5-3-4-19(16-20)22-17-29(26(31)13-10-18-8-11-21(30)12-9-18)15-14-24(22)32-25-7-2-1-6-23(25)28/h1-9,11-12,16,22,24,30H,10,13-15,17H2/t22-,24-/m0/s1. The van der Waals surface area contributed by atoms with Gasteiger partial charge in [0.15, 0.2) is 0 Å². The minimum absolute atomic E-state index is 0.0173. The predicted molar refractivity (Wildman–Crippen MR) is 128 cm³/mol. The van der Waals surface area contributed by atoms with Gasteiger partial charge in [0.25, 0.3) is 0 Å². The Bertz CT molecular complexity index is 1070. The number of hydrogen-bond acceptors (Lipinski definition) is 3. The number of ether oxygens (including phenoxy) is 1. The lowest BCUT2D eigenvalue weighted by molar-refractivity contribution is -0.133. The van der Waals surface area contributed by atoms with E-state index in [0.717, 1.165) is 11.1 Å². The Morgan fingerprint density at radius 1 is 1.03 bits per heavy atom. The molecule has 4 nitrogen and oxygen atoms in total. The molecule has 1 heterocycles. The summed E-state index contributed by atoms with van der Waals surface area (Å²) in [5, 5.41) is 10.7. The third-order valence-corrected chi connectivity index (χ3v) is 6.41. The van der Waals surface area contributed by atoms with Crippen LogP contribution in [0.1, 0.15) is 29.9 Å². The number of nitrogens with zero attached hydrogens (tertiary/aromatic N) is 1. The molecular weight excluding hydrogens is 445 g/mol. The summed E-state index contributed by atoms with van der Waals surface area (Å²) in [5.74, 6) is 0.973. The van der Waals surface area contributed by atoms with Crippen LogP contribution in [-0.4, -0.2) is 35.1 Å². The third kappa shape index (κ3) is 5.56. The number of aryl methyl sites for hydroxylation is 1. The molecule has 3 aromatic rings. The van der Waals surface area contributed by atoms with Crippen molar-refractivity contribution >= 4 is 29.1 Å². The van der Waals surface area contributed by atoms with E-state index < -0.39 is 0 Å². The van der Waals surface area contributed by atoms with Gasteiger partial charge in [0.2, 0.25) is 5.91 Å². The Hall–Kier alpha value is -2.69. The maximum Gasteiger partial charge on any atom is 0.222 e. The van der Waals surface area contributed by atoms with E-state index in [-0.39, 0.29) is 23.7 Å². The fraction of sp³-hybridized carbons (Fsp3) is 0.269. The van der Waals surface area contributed by atoms with Gasteiger partial charge in [0, 0.05) is 36.9 Å². The highest BCUT2D eigenvalue weighted by molar-refractivity contribution is 6.32. The van der Waals surface area contributed by atoms with Crippen LogP contribution in [0.15, 0.2) is 72.8 Å². The van der Waals surface area contributed by atoms with Crippen molar-refractivity contribution in [2.24, 2.45) is 0 Å². The molecule has 1 fully saturated rings. The number of likely N-dealkylation sites (tertiary alicyclic amines) is 1. The predicted octanol–water partition coefficient (Wildman–Crippen LogP) is 6.10. The summed E-state index contributed by atoms with van der Waals surface area (Å²) in [6.07, 6.45) is 1.64. The van der Waals surface area contributed by atoms with Gasteiger partial charge in [-0.2, -0.15) is 0 Å². The van der Waals surface area contributed by atoms with Crippen LogP contribution in [-0.2, 0) is 11.2 Å². The lowest BCUT2D eigenvalue weighted by atomic mass is 9.87. The molecule has 6 heteroatoms. The van der Waals surface area contributed by atoms with Crippen LogP contribution in [0, 0.1) is 0 Å². The third-order valence-electron chi connectivity index (χ3n) is 5.86. The molecule has 0 spiro atoms. The molecular formula is C26H25Cl2NO3. The highest BCUT2D eigenvalue weighted by atomic mass is 35.5. The molecule has 0 bridgehead atoms. The van der Waals surface area contributed by atoms with Crippen LogP contribution >= 0.6 is 23.2 Å². The molecule has 0 aliphatic carbocycles. The number of carbonyl (C=O) groups is 1. The van der Waals surface area contributed by atoms with E-state index in [1.165, 1.54) is 0 Å². The van der Waals surface area contributed by atoms with Crippen molar-refractivity contribution in [3.05, 3.63) is 94.0 Å². The Labute approximate surface area is 198 Å². The number of phenolic OH excluding ortho intramolecular Hbond substituents is 1. The molecule has 4 rings (SSSR count). The van der Waals surface area contributed by atoms with Crippen LogP contribution in [0.25, 0.3) is 0 Å².